The largest absolute Gasteiger partial charge is 0.315 e. The minimum Gasteiger partial charge on any atom is -0.315 e. The first kappa shape index (κ1) is 13.2. The Kier molecular flexibility index (Phi) is 3.20. The molecule has 22 heavy (non-hydrogen) atoms. The molecule has 1 aliphatic rings. The van der Waals surface area contributed by atoms with Crippen LogP contribution in [0.1, 0.15) is 5.69 Å². The number of nitrogens with one attached hydrogen (secondary N) is 2. The van der Waals surface area contributed by atoms with Crippen LogP contribution in [0, 0.1) is 5.92 Å². The fraction of sp³-hybridized carbons (Fsp3) is 0.235. The molecule has 5 nitrogen and oxygen atoms in total. The summed E-state index contributed by atoms with van der Waals surface area (Å²) in [6, 6.07) is 8.23. The highest BCUT2D eigenvalue weighted by molar-refractivity contribution is 5.89. The molecule has 1 aliphatic heterocycles. The molecular weight excluding hydrogens is 276 g/mol. The van der Waals surface area contributed by atoms with Crippen LogP contribution in [0.4, 0.5) is 0 Å². The molecule has 0 radical (unpaired) electrons. The number of aromatic amines is 1. The second-order valence-electron chi connectivity index (χ2n) is 5.72. The van der Waals surface area contributed by atoms with Gasteiger partial charge in [-0.15, -0.1) is 0 Å². The first-order valence-corrected chi connectivity index (χ1v) is 7.41. The molecule has 2 aromatic heterocycles. The van der Waals surface area contributed by atoms with Crippen molar-refractivity contribution in [2.24, 2.45) is 5.92 Å². The normalized spacial score (nSPS) is 14.9. The summed E-state index contributed by atoms with van der Waals surface area (Å²) in [6.07, 6.45) is 5.93. The number of hydrogen-bond donors (Lipinski definition) is 2. The number of H-pyrrole nitrogens is 1. The van der Waals surface area contributed by atoms with Crippen LogP contribution in [0.5, 0.6) is 0 Å². The van der Waals surface area contributed by atoms with Crippen molar-refractivity contribution in [3.8, 4) is 11.1 Å². The second kappa shape index (κ2) is 5.35. The number of hydrogen-bond acceptors (Lipinski definition) is 4. The number of rotatable bonds is 4. The number of aromatic nitrogens is 3. The van der Waals surface area contributed by atoms with E-state index in [0.717, 1.165) is 40.7 Å². The smallest absolute Gasteiger partial charge is 0.144 e. The third-order valence-electron chi connectivity index (χ3n) is 4.20. The summed E-state index contributed by atoms with van der Waals surface area (Å²) in [6.45, 7) is 1.61. The van der Waals surface area contributed by atoms with E-state index in [-0.39, 0.29) is 11.7 Å². The lowest BCUT2D eigenvalue weighted by Gasteiger charge is -2.25. The summed E-state index contributed by atoms with van der Waals surface area (Å²) < 4.78 is 0. The number of carbonyl (C=O) groups is 1. The fourth-order valence-corrected chi connectivity index (χ4v) is 2.71. The standard InChI is InChI=1S/C17H16N4O/c22-17(15-6-18-7-15)5-16-4-13-3-11(14-9-20-21-10-14)1-2-12(13)8-19-16/h1-4,8-10,15,18H,5-7H2,(H,20,21). The SMILES string of the molecule is O=C(Cc1cc2cc(-c3cn[nH]c3)ccc2cn1)C1CNC1. The maximum Gasteiger partial charge on any atom is 0.144 e. The van der Waals surface area contributed by atoms with Crippen molar-refractivity contribution in [1.29, 1.82) is 0 Å². The summed E-state index contributed by atoms with van der Waals surface area (Å²) in [5, 5.41) is 12.1. The molecule has 0 unspecified atom stereocenters. The molecule has 3 heterocycles. The first-order valence-electron chi connectivity index (χ1n) is 7.41. The molecule has 5 heteroatoms. The number of carbonyl (C=O) groups excluding carboxylic acids is 1. The Labute approximate surface area is 127 Å². The Balaban J connectivity index is 1.65. The summed E-state index contributed by atoms with van der Waals surface area (Å²) in [5.74, 6) is 0.436. The van der Waals surface area contributed by atoms with Gasteiger partial charge < -0.3 is 5.32 Å². The highest BCUT2D eigenvalue weighted by Crippen LogP contribution is 2.24. The molecule has 0 saturated carbocycles. The van der Waals surface area contributed by atoms with E-state index in [0.29, 0.717) is 6.42 Å². The zero-order valence-corrected chi connectivity index (χ0v) is 12.0. The molecule has 0 aliphatic carbocycles. The molecule has 1 saturated heterocycles. The number of ketones is 1. The van der Waals surface area contributed by atoms with Gasteiger partial charge in [-0.05, 0) is 23.1 Å². The van der Waals surface area contributed by atoms with Crippen LogP contribution in [-0.4, -0.2) is 34.1 Å². The molecule has 0 atom stereocenters. The van der Waals surface area contributed by atoms with Crippen molar-refractivity contribution in [3.63, 3.8) is 0 Å². The number of pyridine rings is 1. The third-order valence-corrected chi connectivity index (χ3v) is 4.20. The number of nitrogens with zero attached hydrogens (tertiary/aromatic N) is 2. The molecule has 0 spiro atoms. The maximum atomic E-state index is 12.1. The van der Waals surface area contributed by atoms with Gasteiger partial charge in [0.2, 0.25) is 0 Å². The highest BCUT2D eigenvalue weighted by atomic mass is 16.1. The van der Waals surface area contributed by atoms with Gasteiger partial charge in [-0.1, -0.05) is 12.1 Å². The second-order valence-corrected chi connectivity index (χ2v) is 5.72. The number of benzene rings is 1. The minimum atomic E-state index is 0.162. The van der Waals surface area contributed by atoms with Gasteiger partial charge >= 0.3 is 0 Å². The van der Waals surface area contributed by atoms with Gasteiger partial charge in [0.25, 0.3) is 0 Å². The molecule has 3 aromatic rings. The minimum absolute atomic E-state index is 0.162. The Bertz CT molecular complexity index is 822. The Morgan fingerprint density at radius 3 is 2.77 bits per heavy atom. The van der Waals surface area contributed by atoms with Crippen molar-refractivity contribution in [1.82, 2.24) is 20.5 Å². The Morgan fingerprint density at radius 2 is 2.05 bits per heavy atom. The van der Waals surface area contributed by atoms with E-state index in [2.05, 4.69) is 32.6 Å². The van der Waals surface area contributed by atoms with Crippen molar-refractivity contribution in [2.75, 3.05) is 13.1 Å². The van der Waals surface area contributed by atoms with Crippen LogP contribution in [0.25, 0.3) is 21.9 Å². The van der Waals surface area contributed by atoms with Gasteiger partial charge in [0.1, 0.15) is 5.78 Å². The molecule has 0 amide bonds. The fourth-order valence-electron chi connectivity index (χ4n) is 2.71. The zero-order chi connectivity index (χ0) is 14.9. The van der Waals surface area contributed by atoms with Gasteiger partial charge in [-0.25, -0.2) is 0 Å². The summed E-state index contributed by atoms with van der Waals surface area (Å²) in [4.78, 5) is 16.5. The van der Waals surface area contributed by atoms with Crippen LogP contribution >= 0.6 is 0 Å². The van der Waals surface area contributed by atoms with Gasteiger partial charge in [-0.2, -0.15) is 5.10 Å². The molecular formula is C17H16N4O. The topological polar surface area (TPSA) is 70.7 Å². The highest BCUT2D eigenvalue weighted by Gasteiger charge is 2.24. The summed E-state index contributed by atoms with van der Waals surface area (Å²) >= 11 is 0. The average molecular weight is 292 g/mol. The van der Waals surface area contributed by atoms with Crippen molar-refractivity contribution in [3.05, 3.63) is 48.5 Å². The van der Waals surface area contributed by atoms with Crippen LogP contribution in [0.15, 0.2) is 42.9 Å². The van der Waals surface area contributed by atoms with Crippen molar-refractivity contribution in [2.45, 2.75) is 6.42 Å². The van der Waals surface area contributed by atoms with Gasteiger partial charge in [0.05, 0.1) is 6.20 Å². The molecule has 110 valence electrons. The van der Waals surface area contributed by atoms with Gasteiger partial charge in [-0.3, -0.25) is 14.9 Å². The molecule has 2 N–H and O–H groups in total. The van der Waals surface area contributed by atoms with E-state index >= 15 is 0 Å². The lowest BCUT2D eigenvalue weighted by molar-refractivity contribution is -0.123. The molecule has 1 fully saturated rings. The summed E-state index contributed by atoms with van der Waals surface area (Å²) in [5.41, 5.74) is 3.00. The van der Waals surface area contributed by atoms with E-state index in [4.69, 9.17) is 0 Å². The van der Waals surface area contributed by atoms with Crippen LogP contribution in [-0.2, 0) is 11.2 Å². The lowest BCUT2D eigenvalue weighted by Crippen LogP contribution is -2.47. The van der Waals surface area contributed by atoms with Crippen LogP contribution in [0.3, 0.4) is 0 Å². The summed E-state index contributed by atoms with van der Waals surface area (Å²) in [7, 11) is 0. The van der Waals surface area contributed by atoms with Gasteiger partial charge in [0, 0.05) is 54.5 Å². The van der Waals surface area contributed by atoms with E-state index in [1.54, 1.807) is 6.20 Å². The van der Waals surface area contributed by atoms with Crippen LogP contribution in [0.2, 0.25) is 0 Å². The predicted molar refractivity (Wildman–Crippen MR) is 84.4 cm³/mol. The van der Waals surface area contributed by atoms with E-state index in [1.165, 1.54) is 0 Å². The molecule has 0 bridgehead atoms. The lowest BCUT2D eigenvalue weighted by atomic mass is 9.94. The Morgan fingerprint density at radius 1 is 1.14 bits per heavy atom. The predicted octanol–water partition coefficient (Wildman–Crippen LogP) is 1.96. The van der Waals surface area contributed by atoms with Crippen molar-refractivity contribution < 1.29 is 4.79 Å². The van der Waals surface area contributed by atoms with Gasteiger partial charge in [0.15, 0.2) is 0 Å². The Hall–Kier alpha value is -2.53. The third kappa shape index (κ3) is 2.40. The molecule has 1 aromatic carbocycles. The first-order chi connectivity index (χ1) is 10.8. The number of Topliss-reactive ketones (excluding diaryl/α,β-unsaturated/α-hetero) is 1. The number of fused-ring (bicyclic) bond motifs is 1. The van der Waals surface area contributed by atoms with Crippen molar-refractivity contribution >= 4 is 16.6 Å². The monoisotopic (exact) mass is 292 g/mol. The van der Waals surface area contributed by atoms with Crippen LogP contribution < -0.4 is 5.32 Å². The maximum absolute atomic E-state index is 12.1. The average Bonchev–Trinajstić information content (AvgIpc) is 2.98. The zero-order valence-electron chi connectivity index (χ0n) is 12.0. The molecule has 4 rings (SSSR count). The van der Waals surface area contributed by atoms with E-state index in [1.807, 2.05) is 24.5 Å². The van der Waals surface area contributed by atoms with E-state index in [9.17, 15) is 4.79 Å². The van der Waals surface area contributed by atoms with E-state index < -0.39 is 0 Å². The quantitative estimate of drug-likeness (QED) is 0.771.